The van der Waals surface area contributed by atoms with Gasteiger partial charge in [-0.3, -0.25) is 0 Å². The molecule has 158 valence electrons. The number of rotatable bonds is 8. The molecule has 0 aliphatic carbocycles. The van der Waals surface area contributed by atoms with E-state index in [9.17, 15) is 9.18 Å². The molecule has 3 aromatic carbocycles. The second kappa shape index (κ2) is 9.14. The minimum Gasteiger partial charge on any atom is -0.497 e. The van der Waals surface area contributed by atoms with Crippen LogP contribution in [0.25, 0.3) is 10.2 Å². The maximum absolute atomic E-state index is 14.2. The molecule has 0 unspecified atom stereocenters. The highest BCUT2D eigenvalue weighted by molar-refractivity contribution is 7.22. The van der Waals surface area contributed by atoms with Crippen LogP contribution >= 0.6 is 11.3 Å². The number of fused-ring (bicyclic) bond motifs is 1. The van der Waals surface area contributed by atoms with Gasteiger partial charge in [-0.1, -0.05) is 41.7 Å². The molecule has 31 heavy (non-hydrogen) atoms. The number of aromatic nitrogens is 1. The molecule has 0 aliphatic rings. The number of carboxylic acid groups (broad SMARTS) is 1. The van der Waals surface area contributed by atoms with Crippen LogP contribution in [0.5, 0.6) is 5.75 Å². The number of benzene rings is 3. The molecule has 1 heterocycles. The SMILES string of the molecule is COc1cccc(CCN(Cc2ccc(C(=O)O)cc2)c2nc3cccc(F)c3s2)c1. The summed E-state index contributed by atoms with van der Waals surface area (Å²) < 4.78 is 20.1. The van der Waals surface area contributed by atoms with Gasteiger partial charge in [-0.2, -0.15) is 0 Å². The van der Waals surface area contributed by atoms with Crippen molar-refractivity contribution in [2.45, 2.75) is 13.0 Å². The molecule has 0 spiro atoms. The Bertz CT molecular complexity index is 1210. The summed E-state index contributed by atoms with van der Waals surface area (Å²) in [5.74, 6) is -0.432. The smallest absolute Gasteiger partial charge is 0.335 e. The molecule has 4 rings (SSSR count). The molecule has 7 heteroatoms. The van der Waals surface area contributed by atoms with Gasteiger partial charge in [0.15, 0.2) is 5.13 Å². The molecule has 0 bridgehead atoms. The predicted molar refractivity (Wildman–Crippen MR) is 121 cm³/mol. The van der Waals surface area contributed by atoms with E-state index in [1.165, 1.54) is 17.4 Å². The van der Waals surface area contributed by atoms with Gasteiger partial charge in [-0.25, -0.2) is 14.2 Å². The van der Waals surface area contributed by atoms with Gasteiger partial charge in [0.1, 0.15) is 11.6 Å². The highest BCUT2D eigenvalue weighted by Crippen LogP contribution is 2.31. The van der Waals surface area contributed by atoms with E-state index < -0.39 is 5.97 Å². The highest BCUT2D eigenvalue weighted by Gasteiger charge is 2.16. The predicted octanol–water partition coefficient (Wildman–Crippen LogP) is 5.39. The molecule has 5 nitrogen and oxygen atoms in total. The summed E-state index contributed by atoms with van der Waals surface area (Å²) in [6, 6.07) is 19.6. The molecule has 1 N–H and O–H groups in total. The molecule has 0 aliphatic heterocycles. The van der Waals surface area contributed by atoms with Crippen molar-refractivity contribution in [3.8, 4) is 5.75 Å². The highest BCUT2D eigenvalue weighted by atomic mass is 32.1. The van der Waals surface area contributed by atoms with Crippen molar-refractivity contribution in [3.05, 3.63) is 89.2 Å². The lowest BCUT2D eigenvalue weighted by molar-refractivity contribution is 0.0697. The van der Waals surface area contributed by atoms with Crippen molar-refractivity contribution in [3.63, 3.8) is 0 Å². The summed E-state index contributed by atoms with van der Waals surface area (Å²) in [5, 5.41) is 9.86. The molecular formula is C24H21FN2O3S. The van der Waals surface area contributed by atoms with Crippen LogP contribution in [0.4, 0.5) is 9.52 Å². The van der Waals surface area contributed by atoms with Crippen LogP contribution in [0, 0.1) is 5.82 Å². The van der Waals surface area contributed by atoms with Gasteiger partial charge < -0.3 is 14.7 Å². The van der Waals surface area contributed by atoms with E-state index >= 15 is 0 Å². The van der Waals surface area contributed by atoms with Crippen LogP contribution in [-0.2, 0) is 13.0 Å². The monoisotopic (exact) mass is 436 g/mol. The van der Waals surface area contributed by atoms with Crippen molar-refractivity contribution in [2.75, 3.05) is 18.6 Å². The first-order valence-electron chi connectivity index (χ1n) is 9.78. The van der Waals surface area contributed by atoms with Crippen molar-refractivity contribution >= 4 is 32.7 Å². The fourth-order valence-corrected chi connectivity index (χ4v) is 4.34. The van der Waals surface area contributed by atoms with Crippen LogP contribution in [0.2, 0.25) is 0 Å². The maximum Gasteiger partial charge on any atom is 0.335 e. The lowest BCUT2D eigenvalue weighted by Gasteiger charge is -2.22. The number of nitrogens with zero attached hydrogens (tertiary/aromatic N) is 2. The lowest BCUT2D eigenvalue weighted by Crippen LogP contribution is -2.25. The first-order valence-corrected chi connectivity index (χ1v) is 10.6. The van der Waals surface area contributed by atoms with Crippen LogP contribution in [0.15, 0.2) is 66.7 Å². The Morgan fingerprint density at radius 3 is 2.58 bits per heavy atom. The molecule has 0 saturated carbocycles. The zero-order valence-electron chi connectivity index (χ0n) is 16.9. The summed E-state index contributed by atoms with van der Waals surface area (Å²) in [6.07, 6.45) is 0.753. The normalized spacial score (nSPS) is 10.9. The van der Waals surface area contributed by atoms with E-state index in [2.05, 4.69) is 9.88 Å². The van der Waals surface area contributed by atoms with Gasteiger partial charge in [0, 0.05) is 13.1 Å². The van der Waals surface area contributed by atoms with Gasteiger partial charge in [-0.05, 0) is 53.9 Å². The zero-order valence-corrected chi connectivity index (χ0v) is 17.7. The minimum atomic E-state index is -0.955. The zero-order chi connectivity index (χ0) is 21.8. The van der Waals surface area contributed by atoms with Crippen molar-refractivity contribution in [1.82, 2.24) is 4.98 Å². The average molecular weight is 437 g/mol. The standard InChI is InChI=1S/C24H21FN2O3S/c1-30-19-5-2-4-16(14-19)12-13-27(15-17-8-10-18(11-9-17)23(28)29)24-26-21-7-3-6-20(25)22(21)31-24/h2-11,14H,12-13,15H2,1H3,(H,28,29). The molecule has 0 atom stereocenters. The third-order valence-electron chi connectivity index (χ3n) is 5.01. The fraction of sp³-hybridized carbons (Fsp3) is 0.167. The van der Waals surface area contributed by atoms with E-state index in [0.717, 1.165) is 28.4 Å². The summed E-state index contributed by atoms with van der Waals surface area (Å²) in [6.45, 7) is 1.20. The number of hydrogen-bond acceptors (Lipinski definition) is 5. The summed E-state index contributed by atoms with van der Waals surface area (Å²) >= 11 is 1.32. The van der Waals surface area contributed by atoms with Crippen molar-refractivity contribution in [1.29, 1.82) is 0 Å². The number of thiazole rings is 1. The first-order chi connectivity index (χ1) is 15.0. The van der Waals surface area contributed by atoms with E-state index in [4.69, 9.17) is 9.84 Å². The molecule has 0 saturated heterocycles. The second-order valence-corrected chi connectivity index (χ2v) is 8.09. The molecular weight excluding hydrogens is 415 g/mol. The van der Waals surface area contributed by atoms with E-state index in [-0.39, 0.29) is 11.4 Å². The Morgan fingerprint density at radius 2 is 1.87 bits per heavy atom. The number of halogens is 1. The fourth-order valence-electron chi connectivity index (χ4n) is 3.35. The molecule has 0 amide bonds. The molecule has 0 fully saturated rings. The molecule has 0 radical (unpaired) electrons. The topological polar surface area (TPSA) is 62.7 Å². The first kappa shape index (κ1) is 20.8. The third kappa shape index (κ3) is 4.83. The van der Waals surface area contributed by atoms with Crippen LogP contribution < -0.4 is 9.64 Å². The number of anilines is 1. The van der Waals surface area contributed by atoms with Gasteiger partial charge in [-0.15, -0.1) is 0 Å². The average Bonchev–Trinajstić information content (AvgIpc) is 3.23. The van der Waals surface area contributed by atoms with E-state index in [0.29, 0.717) is 23.3 Å². The number of hydrogen-bond donors (Lipinski definition) is 1. The number of carboxylic acids is 1. The Morgan fingerprint density at radius 1 is 1.10 bits per heavy atom. The van der Waals surface area contributed by atoms with E-state index in [1.54, 1.807) is 43.5 Å². The minimum absolute atomic E-state index is 0.244. The van der Waals surface area contributed by atoms with Crippen LogP contribution in [-0.4, -0.2) is 29.7 Å². The number of ether oxygens (including phenoxy) is 1. The van der Waals surface area contributed by atoms with Gasteiger partial charge in [0.2, 0.25) is 0 Å². The molecule has 4 aromatic rings. The number of methoxy groups -OCH3 is 1. The van der Waals surface area contributed by atoms with Crippen LogP contribution in [0.3, 0.4) is 0 Å². The number of carbonyl (C=O) groups is 1. The summed E-state index contributed by atoms with van der Waals surface area (Å²) in [7, 11) is 1.64. The third-order valence-corrected chi connectivity index (χ3v) is 6.15. The maximum atomic E-state index is 14.2. The van der Waals surface area contributed by atoms with Gasteiger partial charge in [0.05, 0.1) is 22.9 Å². The largest absolute Gasteiger partial charge is 0.497 e. The second-order valence-electron chi connectivity index (χ2n) is 7.11. The Labute approximate surface area is 183 Å². The van der Waals surface area contributed by atoms with Gasteiger partial charge >= 0.3 is 5.97 Å². The molecule has 1 aromatic heterocycles. The lowest BCUT2D eigenvalue weighted by atomic mass is 10.1. The van der Waals surface area contributed by atoms with Crippen LogP contribution in [0.1, 0.15) is 21.5 Å². The summed E-state index contributed by atoms with van der Waals surface area (Å²) in [4.78, 5) is 17.9. The Hall–Kier alpha value is -3.45. The quantitative estimate of drug-likeness (QED) is 0.401. The van der Waals surface area contributed by atoms with E-state index in [1.807, 2.05) is 24.3 Å². The summed E-state index contributed by atoms with van der Waals surface area (Å²) in [5.41, 5.74) is 2.95. The van der Waals surface area contributed by atoms with Gasteiger partial charge in [0.25, 0.3) is 0 Å². The number of aromatic carboxylic acids is 1. The Balaban J connectivity index is 1.61. The van der Waals surface area contributed by atoms with Crippen molar-refractivity contribution < 1.29 is 19.0 Å². The Kier molecular flexibility index (Phi) is 6.13. The van der Waals surface area contributed by atoms with Crippen molar-refractivity contribution in [2.24, 2.45) is 0 Å².